The zero-order valence-corrected chi connectivity index (χ0v) is 9.89. The first-order chi connectivity index (χ1) is 8.10. The number of hydrogen-bond acceptors (Lipinski definition) is 4. The molecule has 1 aliphatic heterocycles. The van der Waals surface area contributed by atoms with Crippen LogP contribution < -0.4 is 5.73 Å². The maximum atomic E-state index is 11.4. The Morgan fingerprint density at radius 3 is 3.06 bits per heavy atom. The van der Waals surface area contributed by atoms with Crippen molar-refractivity contribution in [3.63, 3.8) is 0 Å². The number of amides is 1. The summed E-state index contributed by atoms with van der Waals surface area (Å²) in [7, 11) is 0. The average molecular weight is 238 g/mol. The van der Waals surface area contributed by atoms with Gasteiger partial charge in [0.05, 0.1) is 18.3 Å². The lowest BCUT2D eigenvalue weighted by Gasteiger charge is -2.14. The Kier molecular flexibility index (Phi) is 3.44. The van der Waals surface area contributed by atoms with Gasteiger partial charge in [0.2, 0.25) is 5.91 Å². The molecule has 6 nitrogen and oxygen atoms in total. The highest BCUT2D eigenvalue weighted by Gasteiger charge is 2.33. The van der Waals surface area contributed by atoms with E-state index < -0.39 is 6.10 Å². The van der Waals surface area contributed by atoms with Gasteiger partial charge >= 0.3 is 0 Å². The number of H-pyrrole nitrogens is 1. The number of aromatic nitrogens is 2. The summed E-state index contributed by atoms with van der Waals surface area (Å²) in [4.78, 5) is 13.0. The summed E-state index contributed by atoms with van der Waals surface area (Å²) < 4.78 is 0. The summed E-state index contributed by atoms with van der Waals surface area (Å²) in [6.07, 6.45) is 0.197. The highest BCUT2D eigenvalue weighted by atomic mass is 16.3. The van der Waals surface area contributed by atoms with Crippen molar-refractivity contribution in [1.82, 2.24) is 15.1 Å². The molecule has 2 rings (SSSR count). The number of aliphatic hydroxyl groups is 1. The Bertz CT molecular complexity index is 404. The zero-order chi connectivity index (χ0) is 12.4. The van der Waals surface area contributed by atoms with Gasteiger partial charge in [0.25, 0.3) is 0 Å². The molecule has 0 radical (unpaired) electrons. The first-order valence-corrected chi connectivity index (χ1v) is 5.77. The maximum Gasteiger partial charge on any atom is 0.236 e. The first-order valence-electron chi connectivity index (χ1n) is 5.77. The Morgan fingerprint density at radius 1 is 1.71 bits per heavy atom. The normalized spacial score (nSPS) is 24.3. The molecule has 2 atom stereocenters. The van der Waals surface area contributed by atoms with Gasteiger partial charge in [-0.05, 0) is 19.4 Å². The monoisotopic (exact) mass is 238 g/mol. The number of hydrogen-bond donors (Lipinski definition) is 3. The molecule has 6 heteroatoms. The van der Waals surface area contributed by atoms with Crippen molar-refractivity contribution >= 4 is 5.91 Å². The predicted octanol–water partition coefficient (Wildman–Crippen LogP) is -0.961. The minimum Gasteiger partial charge on any atom is -0.391 e. The number of rotatable bonds is 3. The number of carbonyl (C=O) groups is 1. The summed E-state index contributed by atoms with van der Waals surface area (Å²) >= 11 is 0. The van der Waals surface area contributed by atoms with Crippen LogP contribution in [-0.2, 0) is 11.2 Å². The Hall–Kier alpha value is -1.40. The second-order valence-electron chi connectivity index (χ2n) is 4.58. The molecule has 0 unspecified atom stereocenters. The van der Waals surface area contributed by atoms with Crippen molar-refractivity contribution in [3.8, 4) is 0 Å². The SMILES string of the molecule is Cc1cc(C[C@@H]2CN(C(=O)CN)C[C@@H]2O)n[nH]1. The average Bonchev–Trinajstić information content (AvgIpc) is 2.86. The van der Waals surface area contributed by atoms with Crippen LogP contribution in [0, 0.1) is 12.8 Å². The molecule has 1 aliphatic rings. The predicted molar refractivity (Wildman–Crippen MR) is 62.2 cm³/mol. The number of nitrogens with one attached hydrogen (secondary N) is 1. The second-order valence-corrected chi connectivity index (χ2v) is 4.58. The van der Waals surface area contributed by atoms with Crippen LogP contribution >= 0.6 is 0 Å². The topological polar surface area (TPSA) is 95.2 Å². The molecular formula is C11H18N4O2. The second kappa shape index (κ2) is 4.85. The molecule has 0 aromatic carbocycles. The van der Waals surface area contributed by atoms with Crippen molar-refractivity contribution in [1.29, 1.82) is 0 Å². The fraction of sp³-hybridized carbons (Fsp3) is 0.636. The van der Waals surface area contributed by atoms with E-state index in [4.69, 9.17) is 5.73 Å². The van der Waals surface area contributed by atoms with Crippen LogP contribution in [-0.4, -0.2) is 51.8 Å². The molecule has 1 aromatic rings. The molecule has 0 saturated carbocycles. The molecule has 0 bridgehead atoms. The van der Waals surface area contributed by atoms with E-state index in [-0.39, 0.29) is 18.4 Å². The third-order valence-electron chi connectivity index (χ3n) is 3.16. The molecular weight excluding hydrogens is 220 g/mol. The Labute approximate surface area is 99.8 Å². The van der Waals surface area contributed by atoms with E-state index in [0.717, 1.165) is 11.4 Å². The highest BCUT2D eigenvalue weighted by molar-refractivity contribution is 5.78. The highest BCUT2D eigenvalue weighted by Crippen LogP contribution is 2.20. The van der Waals surface area contributed by atoms with Gasteiger partial charge in [0.15, 0.2) is 0 Å². The summed E-state index contributed by atoms with van der Waals surface area (Å²) in [5.74, 6) is -0.0574. The summed E-state index contributed by atoms with van der Waals surface area (Å²) in [5, 5.41) is 16.9. The first kappa shape index (κ1) is 12.1. The van der Waals surface area contributed by atoms with Crippen molar-refractivity contribution in [2.45, 2.75) is 19.4 Å². The molecule has 1 amide bonds. The number of carbonyl (C=O) groups excluding carboxylic acids is 1. The van der Waals surface area contributed by atoms with Gasteiger partial charge in [-0.25, -0.2) is 0 Å². The lowest BCUT2D eigenvalue weighted by Crippen LogP contribution is -2.34. The largest absolute Gasteiger partial charge is 0.391 e. The molecule has 17 heavy (non-hydrogen) atoms. The van der Waals surface area contributed by atoms with Gasteiger partial charge in [0.1, 0.15) is 0 Å². The quantitative estimate of drug-likeness (QED) is 0.632. The number of nitrogens with zero attached hydrogens (tertiary/aromatic N) is 2. The minimum absolute atomic E-state index is 0.000945. The van der Waals surface area contributed by atoms with Gasteiger partial charge in [-0.15, -0.1) is 0 Å². The molecule has 0 aliphatic carbocycles. The van der Waals surface area contributed by atoms with Crippen LogP contribution in [0.3, 0.4) is 0 Å². The van der Waals surface area contributed by atoms with Gasteiger partial charge in [-0.2, -0.15) is 5.10 Å². The smallest absolute Gasteiger partial charge is 0.236 e. The number of nitrogens with two attached hydrogens (primary N) is 1. The van der Waals surface area contributed by atoms with Crippen LogP contribution in [0.1, 0.15) is 11.4 Å². The van der Waals surface area contributed by atoms with Gasteiger partial charge in [-0.1, -0.05) is 0 Å². The van der Waals surface area contributed by atoms with E-state index in [0.29, 0.717) is 19.5 Å². The summed E-state index contributed by atoms with van der Waals surface area (Å²) in [6.45, 7) is 2.87. The van der Waals surface area contributed by atoms with Gasteiger partial charge < -0.3 is 15.7 Å². The van der Waals surface area contributed by atoms with Crippen molar-refractivity contribution in [2.75, 3.05) is 19.6 Å². The molecule has 0 spiro atoms. The van der Waals surface area contributed by atoms with Crippen LogP contribution in [0.15, 0.2) is 6.07 Å². The standard InChI is InChI=1S/C11H18N4O2/c1-7-2-9(14-13-7)3-8-5-15(6-10(8)16)11(17)4-12/h2,8,10,16H,3-6,12H2,1H3,(H,13,14)/t8-,10+/m1/s1. The fourth-order valence-electron chi connectivity index (χ4n) is 2.24. The van der Waals surface area contributed by atoms with Crippen LogP contribution in [0.4, 0.5) is 0 Å². The molecule has 94 valence electrons. The number of aromatic amines is 1. The maximum absolute atomic E-state index is 11.4. The molecule has 4 N–H and O–H groups in total. The minimum atomic E-state index is -0.484. The number of aryl methyl sites for hydroxylation is 1. The lowest BCUT2D eigenvalue weighted by atomic mass is 10.0. The number of likely N-dealkylation sites (tertiary alicyclic amines) is 1. The van der Waals surface area contributed by atoms with Crippen molar-refractivity contribution in [2.24, 2.45) is 11.7 Å². The molecule has 2 heterocycles. The van der Waals surface area contributed by atoms with Crippen molar-refractivity contribution in [3.05, 3.63) is 17.5 Å². The third kappa shape index (κ3) is 2.65. The van der Waals surface area contributed by atoms with E-state index in [1.54, 1.807) is 4.90 Å². The van der Waals surface area contributed by atoms with E-state index in [2.05, 4.69) is 10.2 Å². The fourth-order valence-corrected chi connectivity index (χ4v) is 2.24. The Morgan fingerprint density at radius 2 is 2.47 bits per heavy atom. The van der Waals surface area contributed by atoms with Crippen LogP contribution in [0.25, 0.3) is 0 Å². The van der Waals surface area contributed by atoms with E-state index >= 15 is 0 Å². The van der Waals surface area contributed by atoms with Gasteiger partial charge in [0, 0.05) is 24.7 Å². The molecule has 1 aromatic heterocycles. The van der Waals surface area contributed by atoms with E-state index in [9.17, 15) is 9.90 Å². The lowest BCUT2D eigenvalue weighted by molar-refractivity contribution is -0.129. The molecule has 1 fully saturated rings. The summed E-state index contributed by atoms with van der Waals surface area (Å²) in [6, 6.07) is 1.96. The van der Waals surface area contributed by atoms with E-state index in [1.165, 1.54) is 0 Å². The van der Waals surface area contributed by atoms with E-state index in [1.807, 2.05) is 13.0 Å². The zero-order valence-electron chi connectivity index (χ0n) is 9.89. The van der Waals surface area contributed by atoms with Gasteiger partial charge in [-0.3, -0.25) is 9.89 Å². The number of aliphatic hydroxyl groups excluding tert-OH is 1. The number of β-amino-alcohol motifs (C(OH)–C–C–N with tert-alkyl or cyclic N) is 1. The summed E-state index contributed by atoms with van der Waals surface area (Å²) in [5.41, 5.74) is 7.24. The van der Waals surface area contributed by atoms with Crippen molar-refractivity contribution < 1.29 is 9.90 Å². The Balaban J connectivity index is 1.96. The van der Waals surface area contributed by atoms with Crippen LogP contribution in [0.5, 0.6) is 0 Å². The molecule has 1 saturated heterocycles. The third-order valence-corrected chi connectivity index (χ3v) is 3.16. The van der Waals surface area contributed by atoms with Crippen LogP contribution in [0.2, 0.25) is 0 Å².